The Kier molecular flexibility index (Phi) is 10.3. The highest BCUT2D eigenvalue weighted by Crippen LogP contribution is 2.18. The highest BCUT2D eigenvalue weighted by molar-refractivity contribution is 5.94. The zero-order chi connectivity index (χ0) is 24.4. The number of hydrogen-bond acceptors (Lipinski definition) is 7. The van der Waals surface area contributed by atoms with E-state index in [1.807, 2.05) is 0 Å². The number of amides is 3. The molecule has 3 amide bonds. The van der Waals surface area contributed by atoms with Gasteiger partial charge in [0, 0.05) is 13.1 Å². The Morgan fingerprint density at radius 1 is 1.12 bits per heavy atom. The first kappa shape index (κ1) is 26.6. The van der Waals surface area contributed by atoms with E-state index < -0.39 is 60.2 Å². The van der Waals surface area contributed by atoms with Gasteiger partial charge >= 0.3 is 11.9 Å². The summed E-state index contributed by atoms with van der Waals surface area (Å²) in [7, 11) is 0. The van der Waals surface area contributed by atoms with Crippen molar-refractivity contribution < 1.29 is 34.2 Å². The minimum absolute atomic E-state index is 0.0799. The van der Waals surface area contributed by atoms with E-state index in [0.717, 1.165) is 0 Å². The number of guanidine groups is 1. The molecule has 14 nitrogen and oxygen atoms in total. The van der Waals surface area contributed by atoms with Crippen LogP contribution in [-0.2, 0) is 24.0 Å². The lowest BCUT2D eigenvalue weighted by molar-refractivity contribution is -0.149. The van der Waals surface area contributed by atoms with Gasteiger partial charge in [-0.05, 0) is 32.6 Å². The van der Waals surface area contributed by atoms with Crippen LogP contribution in [0.3, 0.4) is 0 Å². The second kappa shape index (κ2) is 12.4. The molecule has 0 aromatic rings. The lowest BCUT2D eigenvalue weighted by Crippen LogP contribution is -2.56. The van der Waals surface area contributed by atoms with Gasteiger partial charge in [-0.3, -0.25) is 24.2 Å². The van der Waals surface area contributed by atoms with Gasteiger partial charge in [0.15, 0.2) is 5.96 Å². The number of carboxylic acids is 2. The van der Waals surface area contributed by atoms with Gasteiger partial charge in [0.25, 0.3) is 0 Å². The van der Waals surface area contributed by atoms with Gasteiger partial charge in [-0.1, -0.05) is 0 Å². The fourth-order valence-electron chi connectivity index (χ4n) is 3.24. The average molecular weight is 457 g/mol. The molecule has 0 aliphatic carbocycles. The van der Waals surface area contributed by atoms with Crippen molar-refractivity contribution in [1.82, 2.24) is 15.5 Å². The third kappa shape index (κ3) is 8.37. The van der Waals surface area contributed by atoms with Crippen LogP contribution in [0.4, 0.5) is 0 Å². The van der Waals surface area contributed by atoms with Gasteiger partial charge in [0.2, 0.25) is 17.7 Å². The van der Waals surface area contributed by atoms with Crippen LogP contribution in [0.1, 0.15) is 39.0 Å². The number of likely N-dealkylation sites (tertiary alicyclic amines) is 1. The summed E-state index contributed by atoms with van der Waals surface area (Å²) in [5.41, 5.74) is 16.0. The summed E-state index contributed by atoms with van der Waals surface area (Å²) in [4.78, 5) is 64.6. The lowest BCUT2D eigenvalue weighted by Gasteiger charge is -2.27. The molecule has 180 valence electrons. The molecule has 0 spiro atoms. The van der Waals surface area contributed by atoms with E-state index in [4.69, 9.17) is 22.3 Å². The van der Waals surface area contributed by atoms with E-state index in [1.54, 1.807) is 0 Å². The van der Waals surface area contributed by atoms with Crippen LogP contribution < -0.4 is 27.8 Å². The summed E-state index contributed by atoms with van der Waals surface area (Å²) < 4.78 is 0. The van der Waals surface area contributed by atoms with Gasteiger partial charge in [-0.25, -0.2) is 4.79 Å². The summed E-state index contributed by atoms with van der Waals surface area (Å²) in [5.74, 6) is -4.66. The number of aliphatic imine (C=N–C) groups is 1. The first-order valence-electron chi connectivity index (χ1n) is 10.1. The molecule has 1 aliphatic rings. The van der Waals surface area contributed by atoms with Crippen molar-refractivity contribution >= 4 is 35.6 Å². The predicted molar refractivity (Wildman–Crippen MR) is 112 cm³/mol. The minimum atomic E-state index is -1.37. The first-order chi connectivity index (χ1) is 14.9. The van der Waals surface area contributed by atoms with Crippen LogP contribution in [-0.4, -0.2) is 88.0 Å². The molecule has 0 aromatic carbocycles. The normalized spacial score (nSPS) is 18.2. The van der Waals surface area contributed by atoms with E-state index in [1.165, 1.54) is 11.8 Å². The molecule has 0 bridgehead atoms. The number of aliphatic carboxylic acids is 2. The Balaban J connectivity index is 2.82. The van der Waals surface area contributed by atoms with Crippen LogP contribution >= 0.6 is 0 Å². The number of carbonyl (C=O) groups is 5. The SMILES string of the molecule is CC(NC(=O)C(CCCN=C(N)N)NC(=O)C(N)CC(=O)O)C(=O)N1CCCC1C(=O)O. The lowest BCUT2D eigenvalue weighted by atomic mass is 10.1. The van der Waals surface area contributed by atoms with E-state index in [9.17, 15) is 29.1 Å². The van der Waals surface area contributed by atoms with Gasteiger partial charge in [0.1, 0.15) is 18.1 Å². The number of nitrogens with zero attached hydrogens (tertiary/aromatic N) is 2. The van der Waals surface area contributed by atoms with E-state index in [0.29, 0.717) is 19.3 Å². The molecule has 1 aliphatic heterocycles. The highest BCUT2D eigenvalue weighted by atomic mass is 16.4. The topological polar surface area (TPSA) is 244 Å². The van der Waals surface area contributed by atoms with Crippen molar-refractivity contribution in [2.45, 2.75) is 63.2 Å². The molecule has 10 N–H and O–H groups in total. The van der Waals surface area contributed by atoms with Crippen molar-refractivity contribution in [1.29, 1.82) is 0 Å². The fraction of sp³-hybridized carbons (Fsp3) is 0.667. The summed E-state index contributed by atoms with van der Waals surface area (Å²) in [6.45, 7) is 1.84. The van der Waals surface area contributed by atoms with Crippen molar-refractivity contribution in [3.63, 3.8) is 0 Å². The molecule has 4 unspecified atom stereocenters. The number of carboxylic acid groups (broad SMARTS) is 2. The summed E-state index contributed by atoms with van der Waals surface area (Å²) in [6, 6.07) is -4.51. The zero-order valence-electron chi connectivity index (χ0n) is 17.8. The van der Waals surface area contributed by atoms with Crippen LogP contribution in [0, 0.1) is 0 Å². The standard InChI is InChI=1S/C18H31N7O7/c1-9(16(30)25-7-3-5-12(25)17(31)32)23-15(29)11(4-2-6-22-18(20)21)24-14(28)10(19)8-13(26)27/h9-12H,2-8,19H2,1H3,(H,23,29)(H,24,28)(H,26,27)(H,31,32)(H4,20,21,22). The van der Waals surface area contributed by atoms with Crippen molar-refractivity contribution in [3.8, 4) is 0 Å². The number of nitrogens with two attached hydrogens (primary N) is 3. The molecule has 1 saturated heterocycles. The van der Waals surface area contributed by atoms with Crippen LogP contribution in [0.2, 0.25) is 0 Å². The Hall–Kier alpha value is -3.42. The van der Waals surface area contributed by atoms with E-state index >= 15 is 0 Å². The second-order valence-corrected chi connectivity index (χ2v) is 7.47. The molecule has 0 saturated carbocycles. The fourth-order valence-corrected chi connectivity index (χ4v) is 3.24. The maximum absolute atomic E-state index is 12.7. The Bertz CT molecular complexity index is 754. The Morgan fingerprint density at radius 2 is 1.78 bits per heavy atom. The summed E-state index contributed by atoms with van der Waals surface area (Å²) >= 11 is 0. The monoisotopic (exact) mass is 457 g/mol. The molecule has 1 rings (SSSR count). The number of nitrogens with one attached hydrogen (secondary N) is 2. The van der Waals surface area contributed by atoms with Crippen molar-refractivity contribution in [2.75, 3.05) is 13.1 Å². The number of carbonyl (C=O) groups excluding carboxylic acids is 3. The summed E-state index contributed by atoms with van der Waals surface area (Å²) in [6.07, 6.45) is 0.603. The molecule has 0 aromatic heterocycles. The maximum Gasteiger partial charge on any atom is 0.326 e. The molecular formula is C18H31N7O7. The maximum atomic E-state index is 12.7. The predicted octanol–water partition coefficient (Wildman–Crippen LogP) is -3.09. The molecular weight excluding hydrogens is 426 g/mol. The van der Waals surface area contributed by atoms with E-state index in [2.05, 4.69) is 15.6 Å². The zero-order valence-corrected chi connectivity index (χ0v) is 17.8. The molecule has 1 heterocycles. The Labute approximate surface area is 184 Å². The van der Waals surface area contributed by atoms with E-state index in [-0.39, 0.29) is 25.5 Å². The molecule has 32 heavy (non-hydrogen) atoms. The summed E-state index contributed by atoms with van der Waals surface area (Å²) in [5, 5.41) is 22.9. The van der Waals surface area contributed by atoms with Gasteiger partial charge < -0.3 is 42.9 Å². The number of rotatable bonds is 12. The van der Waals surface area contributed by atoms with Crippen LogP contribution in [0.5, 0.6) is 0 Å². The third-order valence-corrected chi connectivity index (χ3v) is 4.86. The highest BCUT2D eigenvalue weighted by Gasteiger charge is 2.37. The second-order valence-electron chi connectivity index (χ2n) is 7.47. The van der Waals surface area contributed by atoms with Crippen molar-refractivity contribution in [2.24, 2.45) is 22.2 Å². The minimum Gasteiger partial charge on any atom is -0.481 e. The van der Waals surface area contributed by atoms with Crippen LogP contribution in [0.15, 0.2) is 4.99 Å². The van der Waals surface area contributed by atoms with Gasteiger partial charge in [-0.15, -0.1) is 0 Å². The quantitative estimate of drug-likeness (QED) is 0.0884. The average Bonchev–Trinajstić information content (AvgIpc) is 3.18. The molecule has 4 atom stereocenters. The van der Waals surface area contributed by atoms with Crippen LogP contribution in [0.25, 0.3) is 0 Å². The Morgan fingerprint density at radius 3 is 2.34 bits per heavy atom. The van der Waals surface area contributed by atoms with Crippen molar-refractivity contribution in [3.05, 3.63) is 0 Å². The van der Waals surface area contributed by atoms with Gasteiger partial charge in [0.05, 0.1) is 12.5 Å². The first-order valence-corrected chi connectivity index (χ1v) is 10.1. The molecule has 14 heteroatoms. The van der Waals surface area contributed by atoms with Gasteiger partial charge in [-0.2, -0.15) is 0 Å². The number of hydrogen-bond donors (Lipinski definition) is 7. The molecule has 1 fully saturated rings. The molecule has 0 radical (unpaired) electrons. The smallest absolute Gasteiger partial charge is 0.326 e. The third-order valence-electron chi connectivity index (χ3n) is 4.86. The largest absolute Gasteiger partial charge is 0.481 e.